The largest absolute Gasteiger partial charge is 0.494 e. The summed E-state index contributed by atoms with van der Waals surface area (Å²) in [5, 5.41) is 3.14. The van der Waals surface area contributed by atoms with Crippen molar-refractivity contribution in [2.45, 2.75) is 0 Å². The molecule has 5 heteroatoms. The van der Waals surface area contributed by atoms with Crippen LogP contribution in [0.4, 0.5) is 15.8 Å². The SMILES string of the molecule is COc1cc(F)ccc1Nc1ccccc1C(N)=S. The lowest BCUT2D eigenvalue weighted by atomic mass is 10.1. The van der Waals surface area contributed by atoms with Crippen molar-refractivity contribution in [1.82, 2.24) is 0 Å². The molecule has 3 nitrogen and oxygen atoms in total. The van der Waals surface area contributed by atoms with Gasteiger partial charge in [-0.1, -0.05) is 24.4 Å². The van der Waals surface area contributed by atoms with Crippen LogP contribution < -0.4 is 15.8 Å². The summed E-state index contributed by atoms with van der Waals surface area (Å²) >= 11 is 4.99. The van der Waals surface area contributed by atoms with Gasteiger partial charge in [0.05, 0.1) is 12.8 Å². The zero-order chi connectivity index (χ0) is 13.8. The second-order valence-electron chi connectivity index (χ2n) is 3.88. The summed E-state index contributed by atoms with van der Waals surface area (Å²) < 4.78 is 18.3. The van der Waals surface area contributed by atoms with Crippen LogP contribution in [-0.2, 0) is 0 Å². The van der Waals surface area contributed by atoms with E-state index in [0.29, 0.717) is 16.4 Å². The molecule has 98 valence electrons. The number of benzene rings is 2. The lowest BCUT2D eigenvalue weighted by Gasteiger charge is -2.14. The Labute approximate surface area is 116 Å². The molecule has 0 unspecified atom stereocenters. The molecule has 0 heterocycles. The first-order valence-corrected chi connectivity index (χ1v) is 6.02. The first-order valence-electron chi connectivity index (χ1n) is 5.61. The van der Waals surface area contributed by atoms with Crippen LogP contribution in [0.25, 0.3) is 0 Å². The maximum atomic E-state index is 13.1. The standard InChI is InChI=1S/C14H13FN2OS/c1-18-13-8-9(15)6-7-12(13)17-11-5-3-2-4-10(11)14(16)19/h2-8,17H,1H3,(H2,16,19). The van der Waals surface area contributed by atoms with Gasteiger partial charge in [-0.25, -0.2) is 4.39 Å². The zero-order valence-electron chi connectivity index (χ0n) is 10.3. The maximum absolute atomic E-state index is 13.1. The number of hydrogen-bond donors (Lipinski definition) is 2. The van der Waals surface area contributed by atoms with E-state index in [9.17, 15) is 4.39 Å². The molecular formula is C14H13FN2OS. The third-order valence-corrected chi connectivity index (χ3v) is 2.85. The molecule has 0 aliphatic heterocycles. The predicted molar refractivity (Wildman–Crippen MR) is 78.6 cm³/mol. The Bertz CT molecular complexity index is 616. The van der Waals surface area contributed by atoms with E-state index in [1.54, 1.807) is 6.07 Å². The summed E-state index contributed by atoms with van der Waals surface area (Å²) in [6, 6.07) is 11.6. The second kappa shape index (κ2) is 5.67. The number of nitrogens with one attached hydrogen (secondary N) is 1. The summed E-state index contributed by atoms with van der Waals surface area (Å²) in [6.45, 7) is 0. The van der Waals surface area contributed by atoms with Gasteiger partial charge in [0.15, 0.2) is 0 Å². The van der Waals surface area contributed by atoms with Gasteiger partial charge in [-0.3, -0.25) is 0 Å². The number of ether oxygens (including phenoxy) is 1. The number of methoxy groups -OCH3 is 1. The third-order valence-electron chi connectivity index (χ3n) is 2.63. The van der Waals surface area contributed by atoms with E-state index in [1.807, 2.05) is 24.3 Å². The van der Waals surface area contributed by atoms with Crippen LogP contribution in [0.3, 0.4) is 0 Å². The number of nitrogens with two attached hydrogens (primary N) is 1. The fourth-order valence-corrected chi connectivity index (χ4v) is 1.90. The Morgan fingerprint density at radius 3 is 2.63 bits per heavy atom. The molecule has 0 fully saturated rings. The lowest BCUT2D eigenvalue weighted by Crippen LogP contribution is -2.11. The van der Waals surface area contributed by atoms with Crippen LogP contribution in [0.1, 0.15) is 5.56 Å². The maximum Gasteiger partial charge on any atom is 0.145 e. The summed E-state index contributed by atoms with van der Waals surface area (Å²) in [5.41, 5.74) is 7.78. The topological polar surface area (TPSA) is 47.3 Å². The molecule has 2 aromatic carbocycles. The first-order chi connectivity index (χ1) is 9.11. The molecule has 0 spiro atoms. The molecule has 0 atom stereocenters. The van der Waals surface area contributed by atoms with Crippen molar-refractivity contribution in [3.8, 4) is 5.75 Å². The molecular weight excluding hydrogens is 263 g/mol. The second-order valence-corrected chi connectivity index (χ2v) is 4.32. The zero-order valence-corrected chi connectivity index (χ0v) is 11.1. The van der Waals surface area contributed by atoms with Crippen LogP contribution in [-0.4, -0.2) is 12.1 Å². The number of thiocarbonyl (C=S) groups is 1. The Hall–Kier alpha value is -2.14. The van der Waals surface area contributed by atoms with E-state index in [1.165, 1.54) is 19.2 Å². The third kappa shape index (κ3) is 3.00. The summed E-state index contributed by atoms with van der Waals surface area (Å²) in [4.78, 5) is 0.296. The number of rotatable bonds is 4. The molecule has 2 rings (SSSR count). The highest BCUT2D eigenvalue weighted by Crippen LogP contribution is 2.29. The molecule has 2 aromatic rings. The van der Waals surface area contributed by atoms with Crippen LogP contribution in [0.15, 0.2) is 42.5 Å². The van der Waals surface area contributed by atoms with Gasteiger partial charge in [-0.2, -0.15) is 0 Å². The van der Waals surface area contributed by atoms with Gasteiger partial charge in [0.1, 0.15) is 16.6 Å². The normalized spacial score (nSPS) is 10.0. The van der Waals surface area contributed by atoms with Gasteiger partial charge in [-0.05, 0) is 24.3 Å². The number of halogens is 1. The summed E-state index contributed by atoms with van der Waals surface area (Å²) in [5.74, 6) is 0.0581. The van der Waals surface area contributed by atoms with E-state index >= 15 is 0 Å². The van der Waals surface area contributed by atoms with Crippen molar-refractivity contribution < 1.29 is 9.13 Å². The highest BCUT2D eigenvalue weighted by atomic mass is 32.1. The fourth-order valence-electron chi connectivity index (χ4n) is 1.72. The van der Waals surface area contributed by atoms with Gasteiger partial charge in [0.25, 0.3) is 0 Å². The van der Waals surface area contributed by atoms with Gasteiger partial charge in [0.2, 0.25) is 0 Å². The van der Waals surface area contributed by atoms with Crippen LogP contribution in [0, 0.1) is 5.82 Å². The minimum atomic E-state index is -0.356. The van der Waals surface area contributed by atoms with E-state index in [2.05, 4.69) is 5.32 Å². The summed E-state index contributed by atoms with van der Waals surface area (Å²) in [7, 11) is 1.49. The Kier molecular flexibility index (Phi) is 3.97. The van der Waals surface area contributed by atoms with Crippen molar-refractivity contribution in [1.29, 1.82) is 0 Å². The van der Waals surface area contributed by atoms with E-state index < -0.39 is 0 Å². The Balaban J connectivity index is 2.39. The molecule has 3 N–H and O–H groups in total. The summed E-state index contributed by atoms with van der Waals surface area (Å²) in [6.07, 6.45) is 0. The van der Waals surface area contributed by atoms with Crippen molar-refractivity contribution in [2.24, 2.45) is 5.73 Å². The smallest absolute Gasteiger partial charge is 0.145 e. The lowest BCUT2D eigenvalue weighted by molar-refractivity contribution is 0.413. The first kappa shape index (κ1) is 13.3. The number of para-hydroxylation sites is 1. The molecule has 0 aromatic heterocycles. The molecule has 0 saturated heterocycles. The molecule has 0 radical (unpaired) electrons. The van der Waals surface area contributed by atoms with Gasteiger partial charge in [0, 0.05) is 17.3 Å². The van der Waals surface area contributed by atoms with Crippen molar-refractivity contribution >= 4 is 28.6 Å². The predicted octanol–water partition coefficient (Wildman–Crippen LogP) is 3.21. The van der Waals surface area contributed by atoms with Crippen molar-refractivity contribution in [2.75, 3.05) is 12.4 Å². The van der Waals surface area contributed by atoms with Gasteiger partial charge >= 0.3 is 0 Å². The van der Waals surface area contributed by atoms with E-state index in [0.717, 1.165) is 11.3 Å². The Morgan fingerprint density at radius 2 is 1.95 bits per heavy atom. The van der Waals surface area contributed by atoms with Crippen molar-refractivity contribution in [3.63, 3.8) is 0 Å². The molecule has 0 aliphatic carbocycles. The number of hydrogen-bond acceptors (Lipinski definition) is 3. The van der Waals surface area contributed by atoms with Gasteiger partial charge < -0.3 is 15.8 Å². The molecule has 0 amide bonds. The molecule has 0 aliphatic rings. The molecule has 0 saturated carbocycles. The van der Waals surface area contributed by atoms with Crippen LogP contribution >= 0.6 is 12.2 Å². The van der Waals surface area contributed by atoms with Crippen LogP contribution in [0.2, 0.25) is 0 Å². The molecule has 0 bridgehead atoms. The van der Waals surface area contributed by atoms with Crippen LogP contribution in [0.5, 0.6) is 5.75 Å². The highest BCUT2D eigenvalue weighted by Gasteiger charge is 2.08. The van der Waals surface area contributed by atoms with E-state index in [-0.39, 0.29) is 5.82 Å². The van der Waals surface area contributed by atoms with Gasteiger partial charge in [-0.15, -0.1) is 0 Å². The van der Waals surface area contributed by atoms with Crippen molar-refractivity contribution in [3.05, 3.63) is 53.8 Å². The molecule has 19 heavy (non-hydrogen) atoms. The highest BCUT2D eigenvalue weighted by molar-refractivity contribution is 7.80. The minimum Gasteiger partial charge on any atom is -0.494 e. The average molecular weight is 276 g/mol. The quantitative estimate of drug-likeness (QED) is 0.842. The van der Waals surface area contributed by atoms with E-state index in [4.69, 9.17) is 22.7 Å². The Morgan fingerprint density at radius 1 is 1.21 bits per heavy atom. The minimum absolute atomic E-state index is 0.296. The number of anilines is 2. The fraction of sp³-hybridized carbons (Fsp3) is 0.0714. The monoisotopic (exact) mass is 276 g/mol. The average Bonchev–Trinajstić information content (AvgIpc) is 2.41.